The fourth-order valence-electron chi connectivity index (χ4n) is 4.76. The normalized spacial score (nSPS) is 20.1. The van der Waals surface area contributed by atoms with Gasteiger partial charge in [0.1, 0.15) is 11.8 Å². The van der Waals surface area contributed by atoms with Crippen molar-refractivity contribution in [2.24, 2.45) is 5.92 Å². The Kier molecular flexibility index (Phi) is 7.07. The molecular weight excluding hydrogens is 500 g/mol. The van der Waals surface area contributed by atoms with E-state index in [2.05, 4.69) is 29.6 Å². The number of anilines is 1. The second-order valence-electron chi connectivity index (χ2n) is 9.09. The maximum Gasteiger partial charge on any atom is 0.336 e. The Bertz CT molecular complexity index is 1450. The van der Waals surface area contributed by atoms with E-state index < -0.39 is 24.0 Å². The van der Waals surface area contributed by atoms with Crippen LogP contribution in [0, 0.1) is 12.8 Å². The van der Waals surface area contributed by atoms with Gasteiger partial charge < -0.3 is 20.1 Å². The molecule has 2 amide bonds. The molecule has 2 aliphatic rings. The minimum absolute atomic E-state index is 0.0150. The zero-order chi connectivity index (χ0) is 26.8. The molecule has 1 aliphatic heterocycles. The number of thioether (sulfide) groups is 1. The van der Waals surface area contributed by atoms with Crippen LogP contribution in [0.5, 0.6) is 5.75 Å². The van der Waals surface area contributed by atoms with Crippen LogP contribution < -0.4 is 15.0 Å². The molecule has 0 bridgehead atoms. The van der Waals surface area contributed by atoms with Crippen molar-refractivity contribution in [1.29, 1.82) is 0 Å². The number of nitrogens with one attached hydrogen (secondary N) is 1. The summed E-state index contributed by atoms with van der Waals surface area (Å²) in [5.74, 6) is -1.56. The highest BCUT2D eigenvalue weighted by Crippen LogP contribution is 2.44. The van der Waals surface area contributed by atoms with E-state index in [0.717, 1.165) is 9.80 Å². The maximum absolute atomic E-state index is 13.5. The van der Waals surface area contributed by atoms with Crippen molar-refractivity contribution in [2.45, 2.75) is 23.9 Å². The average Bonchev–Trinajstić information content (AvgIpc) is 3.38. The van der Waals surface area contributed by atoms with E-state index in [1.54, 1.807) is 48.0 Å². The summed E-state index contributed by atoms with van der Waals surface area (Å²) in [6.07, 6.45) is 6.03. The van der Waals surface area contributed by atoms with E-state index in [1.165, 1.54) is 17.7 Å². The number of methoxy groups -OCH3 is 1. The molecule has 0 saturated carbocycles. The minimum atomic E-state index is -1.20. The number of amides is 2. The molecular formula is C30H26N2O5S. The summed E-state index contributed by atoms with van der Waals surface area (Å²) < 4.78 is 5.27. The second-order valence-corrected chi connectivity index (χ2v) is 10.2. The van der Waals surface area contributed by atoms with Crippen LogP contribution in [-0.4, -0.2) is 42.1 Å². The van der Waals surface area contributed by atoms with Crippen LogP contribution in [0.25, 0.3) is 0 Å². The van der Waals surface area contributed by atoms with Crippen molar-refractivity contribution in [1.82, 2.24) is 5.32 Å². The molecule has 3 aromatic rings. The van der Waals surface area contributed by atoms with Crippen LogP contribution in [0.3, 0.4) is 0 Å². The van der Waals surface area contributed by atoms with Gasteiger partial charge in [-0.1, -0.05) is 59.8 Å². The van der Waals surface area contributed by atoms with Gasteiger partial charge in [0.05, 0.1) is 24.3 Å². The van der Waals surface area contributed by atoms with E-state index in [-0.39, 0.29) is 23.0 Å². The van der Waals surface area contributed by atoms with Gasteiger partial charge in [0.2, 0.25) is 0 Å². The first kappa shape index (κ1) is 25.4. The van der Waals surface area contributed by atoms with Gasteiger partial charge in [-0.2, -0.15) is 0 Å². The highest BCUT2D eigenvalue weighted by Gasteiger charge is 2.53. The SMILES string of the molecule is COc1ccc(N2C(=O)[C@H](NC(=O)c3ccccc3C(=O)O)[C@@H]2C2C=CC=C2Sc2ccc(C)cc2)cc1. The number of nitrogens with zero attached hydrogens (tertiary/aromatic N) is 1. The van der Waals surface area contributed by atoms with Crippen LogP contribution in [-0.2, 0) is 4.79 Å². The summed E-state index contributed by atoms with van der Waals surface area (Å²) in [5.41, 5.74) is 1.76. The molecule has 7 nitrogen and oxygen atoms in total. The number of allylic oxidation sites excluding steroid dienone is 2. The number of benzene rings is 3. The van der Waals surface area contributed by atoms with Crippen molar-refractivity contribution in [2.75, 3.05) is 12.0 Å². The number of β-lactam (4-membered cyclic amide) rings is 1. The quantitative estimate of drug-likeness (QED) is 0.398. The first-order valence-electron chi connectivity index (χ1n) is 12.1. The molecule has 1 saturated heterocycles. The Labute approximate surface area is 224 Å². The standard InChI is InChI=1S/C30H26N2O5S/c1-18-10-16-21(17-11-18)38-25-9-5-8-24(25)27-26(29(34)32(27)19-12-14-20(37-2)15-13-19)31-28(33)22-6-3-4-7-23(22)30(35)36/h3-17,24,26-27H,1-2H3,(H,31,33)(H,35,36)/t24?,26-,27+/m1/s1. The van der Waals surface area contributed by atoms with Crippen molar-refractivity contribution in [3.05, 3.63) is 113 Å². The molecule has 1 unspecified atom stereocenters. The molecule has 0 aromatic heterocycles. The Morgan fingerprint density at radius 3 is 2.32 bits per heavy atom. The van der Waals surface area contributed by atoms with E-state index in [0.29, 0.717) is 11.4 Å². The number of hydrogen-bond acceptors (Lipinski definition) is 5. The molecule has 3 atom stereocenters. The van der Waals surface area contributed by atoms with Crippen LogP contribution in [0.1, 0.15) is 26.3 Å². The predicted octanol–water partition coefficient (Wildman–Crippen LogP) is 5.08. The summed E-state index contributed by atoms with van der Waals surface area (Å²) >= 11 is 1.62. The summed E-state index contributed by atoms with van der Waals surface area (Å²) in [7, 11) is 1.58. The third kappa shape index (κ3) is 4.82. The summed E-state index contributed by atoms with van der Waals surface area (Å²) in [5, 5.41) is 12.4. The number of carbonyl (C=O) groups is 3. The van der Waals surface area contributed by atoms with Gasteiger partial charge in [-0.3, -0.25) is 9.59 Å². The van der Waals surface area contributed by atoms with Crippen molar-refractivity contribution in [3.8, 4) is 5.75 Å². The molecule has 5 rings (SSSR count). The highest BCUT2D eigenvalue weighted by molar-refractivity contribution is 8.03. The lowest BCUT2D eigenvalue weighted by Gasteiger charge is -2.50. The van der Waals surface area contributed by atoms with E-state index >= 15 is 0 Å². The minimum Gasteiger partial charge on any atom is -0.497 e. The molecule has 1 aliphatic carbocycles. The van der Waals surface area contributed by atoms with Crippen molar-refractivity contribution in [3.63, 3.8) is 0 Å². The zero-order valence-electron chi connectivity index (χ0n) is 20.8. The first-order valence-corrected chi connectivity index (χ1v) is 12.9. The Morgan fingerprint density at radius 2 is 1.66 bits per heavy atom. The highest BCUT2D eigenvalue weighted by atomic mass is 32.2. The third-order valence-electron chi connectivity index (χ3n) is 6.71. The summed E-state index contributed by atoms with van der Waals surface area (Å²) in [4.78, 5) is 42.2. The van der Waals surface area contributed by atoms with Gasteiger partial charge in [0, 0.05) is 16.5 Å². The number of carboxylic acid groups (broad SMARTS) is 1. The number of rotatable bonds is 8. The lowest BCUT2D eigenvalue weighted by Crippen LogP contribution is -2.73. The lowest BCUT2D eigenvalue weighted by molar-refractivity contribution is -0.127. The van der Waals surface area contributed by atoms with Crippen LogP contribution in [0.2, 0.25) is 0 Å². The van der Waals surface area contributed by atoms with Crippen molar-refractivity contribution >= 4 is 35.2 Å². The Hall–Kier alpha value is -4.30. The topological polar surface area (TPSA) is 95.9 Å². The fraction of sp³-hybridized carbons (Fsp3) is 0.167. The number of hydrogen-bond donors (Lipinski definition) is 2. The lowest BCUT2D eigenvalue weighted by atomic mass is 9.83. The van der Waals surface area contributed by atoms with E-state index in [1.807, 2.05) is 37.3 Å². The zero-order valence-corrected chi connectivity index (χ0v) is 21.6. The summed E-state index contributed by atoms with van der Waals surface area (Å²) in [6.45, 7) is 2.04. The van der Waals surface area contributed by atoms with Gasteiger partial charge in [0.15, 0.2) is 0 Å². The smallest absolute Gasteiger partial charge is 0.336 e. The van der Waals surface area contributed by atoms with E-state index in [4.69, 9.17) is 4.74 Å². The fourth-order valence-corrected chi connectivity index (χ4v) is 5.80. The third-order valence-corrected chi connectivity index (χ3v) is 7.87. The Morgan fingerprint density at radius 1 is 0.974 bits per heavy atom. The molecule has 0 spiro atoms. The second kappa shape index (κ2) is 10.6. The molecule has 2 N–H and O–H groups in total. The monoisotopic (exact) mass is 526 g/mol. The maximum atomic E-state index is 13.5. The van der Waals surface area contributed by atoms with Gasteiger partial charge in [-0.05, 0) is 60.4 Å². The molecule has 0 radical (unpaired) electrons. The molecule has 1 fully saturated rings. The molecule has 38 heavy (non-hydrogen) atoms. The van der Waals surface area contributed by atoms with Crippen LogP contribution in [0.15, 0.2) is 101 Å². The molecule has 1 heterocycles. The molecule has 3 aromatic carbocycles. The first-order chi connectivity index (χ1) is 18.4. The van der Waals surface area contributed by atoms with Gasteiger partial charge in [-0.15, -0.1) is 0 Å². The van der Waals surface area contributed by atoms with Crippen LogP contribution >= 0.6 is 11.8 Å². The van der Waals surface area contributed by atoms with Crippen LogP contribution in [0.4, 0.5) is 5.69 Å². The largest absolute Gasteiger partial charge is 0.497 e. The van der Waals surface area contributed by atoms with Crippen molar-refractivity contribution < 1.29 is 24.2 Å². The summed E-state index contributed by atoms with van der Waals surface area (Å²) in [6, 6.07) is 20.2. The number of aromatic carboxylic acids is 1. The molecule has 192 valence electrons. The number of carboxylic acids is 1. The molecule has 8 heteroatoms. The van der Waals surface area contributed by atoms with Gasteiger partial charge in [0.25, 0.3) is 11.8 Å². The van der Waals surface area contributed by atoms with E-state index in [9.17, 15) is 19.5 Å². The average molecular weight is 527 g/mol. The van der Waals surface area contributed by atoms with Gasteiger partial charge >= 0.3 is 5.97 Å². The number of ether oxygens (including phenoxy) is 1. The predicted molar refractivity (Wildman–Crippen MR) is 147 cm³/mol. The number of carbonyl (C=O) groups excluding carboxylic acids is 2. The Balaban J connectivity index is 1.45. The van der Waals surface area contributed by atoms with Gasteiger partial charge in [-0.25, -0.2) is 4.79 Å². The number of aryl methyl sites for hydroxylation is 1.